The van der Waals surface area contributed by atoms with Crippen LogP contribution in [0.5, 0.6) is 5.75 Å². The fourth-order valence-corrected chi connectivity index (χ4v) is 4.87. The minimum Gasteiger partial charge on any atom is -0.497 e. The van der Waals surface area contributed by atoms with Gasteiger partial charge in [0.2, 0.25) is 5.13 Å². The molecule has 30 heavy (non-hydrogen) atoms. The van der Waals surface area contributed by atoms with Gasteiger partial charge in [0, 0.05) is 16.7 Å². The van der Waals surface area contributed by atoms with Crippen LogP contribution in [0.1, 0.15) is 15.9 Å². The lowest BCUT2D eigenvalue weighted by Crippen LogP contribution is -2.00. The van der Waals surface area contributed by atoms with E-state index in [0.717, 1.165) is 37.9 Å². The second kappa shape index (κ2) is 6.37. The highest BCUT2D eigenvalue weighted by molar-refractivity contribution is 7.20. The fraction of sp³-hybridized carbons (Fsp3) is 0.0417. The first-order chi connectivity index (χ1) is 14.7. The van der Waals surface area contributed by atoms with Crippen LogP contribution in [0.25, 0.3) is 37.9 Å². The maximum Gasteiger partial charge on any atom is 0.212 e. The van der Waals surface area contributed by atoms with E-state index < -0.39 is 0 Å². The van der Waals surface area contributed by atoms with E-state index in [4.69, 9.17) is 14.8 Å². The number of ketones is 1. The zero-order chi connectivity index (χ0) is 20.2. The van der Waals surface area contributed by atoms with Crippen LogP contribution in [-0.4, -0.2) is 27.7 Å². The number of carbonyl (C=O) groups excluding carboxylic acids is 1. The monoisotopic (exact) mass is 409 g/mol. The van der Waals surface area contributed by atoms with Gasteiger partial charge in [-0.25, -0.2) is 9.67 Å². The van der Waals surface area contributed by atoms with Gasteiger partial charge in [-0.05, 0) is 36.4 Å². The Morgan fingerprint density at radius 2 is 1.63 bits per heavy atom. The summed E-state index contributed by atoms with van der Waals surface area (Å²) in [5.41, 5.74) is 5.48. The van der Waals surface area contributed by atoms with Crippen molar-refractivity contribution in [2.24, 2.45) is 0 Å². The molecule has 0 aliphatic heterocycles. The molecule has 0 saturated carbocycles. The zero-order valence-electron chi connectivity index (χ0n) is 16.0. The molecule has 1 aliphatic carbocycles. The number of benzene rings is 3. The highest BCUT2D eigenvalue weighted by Crippen LogP contribution is 2.43. The van der Waals surface area contributed by atoms with Gasteiger partial charge in [0.05, 0.1) is 28.6 Å². The van der Waals surface area contributed by atoms with Crippen molar-refractivity contribution in [3.8, 4) is 33.4 Å². The first-order valence-corrected chi connectivity index (χ1v) is 10.3. The minimum atomic E-state index is -0.00113. The van der Waals surface area contributed by atoms with Gasteiger partial charge in [-0.2, -0.15) is 5.10 Å². The van der Waals surface area contributed by atoms with Crippen molar-refractivity contribution >= 4 is 27.3 Å². The molecule has 1 aliphatic rings. The molecule has 0 atom stereocenters. The number of thiazole rings is 1. The van der Waals surface area contributed by atoms with Gasteiger partial charge >= 0.3 is 0 Å². The number of ether oxygens (including phenoxy) is 1. The van der Waals surface area contributed by atoms with Crippen LogP contribution < -0.4 is 4.74 Å². The lowest BCUT2D eigenvalue weighted by Gasteiger charge is -2.04. The quantitative estimate of drug-likeness (QED) is 0.394. The number of aromatic nitrogens is 3. The Hall–Kier alpha value is -3.77. The Bertz CT molecular complexity index is 1410. The molecule has 0 unspecified atom stereocenters. The standard InChI is InChI=1S/C24H15N3O2S/c1-29-15-12-10-14(11-13-15)21-20-22(16-6-2-3-7-17(16)23(20)28)27(26-21)24-25-18-8-4-5-9-19(18)30-24/h2-13H,1H3. The number of fused-ring (bicyclic) bond motifs is 4. The average molecular weight is 409 g/mol. The molecule has 2 aromatic heterocycles. The Morgan fingerprint density at radius 3 is 2.40 bits per heavy atom. The third-order valence-corrected chi connectivity index (χ3v) is 6.38. The Morgan fingerprint density at radius 1 is 0.900 bits per heavy atom. The summed E-state index contributed by atoms with van der Waals surface area (Å²) in [6, 6.07) is 23.3. The maximum atomic E-state index is 13.3. The number of carbonyl (C=O) groups is 1. The van der Waals surface area contributed by atoms with Crippen molar-refractivity contribution in [3.05, 3.63) is 83.9 Å². The van der Waals surface area contributed by atoms with Crippen LogP contribution in [-0.2, 0) is 0 Å². The Balaban J connectivity index is 1.64. The molecule has 144 valence electrons. The summed E-state index contributed by atoms with van der Waals surface area (Å²) in [5, 5.41) is 5.62. The van der Waals surface area contributed by atoms with E-state index in [2.05, 4.69) is 0 Å². The fourth-order valence-electron chi connectivity index (χ4n) is 3.94. The molecule has 0 radical (unpaired) electrons. The molecule has 2 heterocycles. The van der Waals surface area contributed by atoms with Crippen LogP contribution in [0.2, 0.25) is 0 Å². The molecule has 0 fully saturated rings. The van der Waals surface area contributed by atoms with E-state index in [1.807, 2.05) is 77.5 Å². The van der Waals surface area contributed by atoms with E-state index in [9.17, 15) is 4.79 Å². The maximum absolute atomic E-state index is 13.3. The second-order valence-electron chi connectivity index (χ2n) is 7.05. The third kappa shape index (κ3) is 2.37. The summed E-state index contributed by atoms with van der Waals surface area (Å²) in [6.07, 6.45) is 0. The van der Waals surface area contributed by atoms with Crippen LogP contribution in [0.15, 0.2) is 72.8 Å². The van der Waals surface area contributed by atoms with Gasteiger partial charge in [-0.3, -0.25) is 4.79 Å². The molecule has 0 amide bonds. The highest BCUT2D eigenvalue weighted by atomic mass is 32.1. The molecule has 0 N–H and O–H groups in total. The summed E-state index contributed by atoms with van der Waals surface area (Å²) in [4.78, 5) is 18.1. The van der Waals surface area contributed by atoms with Crippen molar-refractivity contribution < 1.29 is 9.53 Å². The van der Waals surface area contributed by atoms with Crippen LogP contribution in [0.3, 0.4) is 0 Å². The lowest BCUT2D eigenvalue weighted by atomic mass is 10.0. The van der Waals surface area contributed by atoms with E-state index in [1.54, 1.807) is 18.4 Å². The summed E-state index contributed by atoms with van der Waals surface area (Å²) < 4.78 is 8.18. The van der Waals surface area contributed by atoms with Crippen molar-refractivity contribution in [1.82, 2.24) is 14.8 Å². The van der Waals surface area contributed by atoms with Crippen molar-refractivity contribution in [2.75, 3.05) is 7.11 Å². The van der Waals surface area contributed by atoms with Crippen LogP contribution in [0, 0.1) is 0 Å². The number of rotatable bonds is 3. The molecule has 3 aromatic carbocycles. The Labute approximate surface area is 176 Å². The van der Waals surface area contributed by atoms with Gasteiger partial charge in [-0.1, -0.05) is 47.7 Å². The predicted molar refractivity (Wildman–Crippen MR) is 118 cm³/mol. The smallest absolute Gasteiger partial charge is 0.212 e. The molecular weight excluding hydrogens is 394 g/mol. The first-order valence-electron chi connectivity index (χ1n) is 9.52. The molecular formula is C24H15N3O2S. The third-order valence-electron chi connectivity index (χ3n) is 5.37. The number of methoxy groups -OCH3 is 1. The van der Waals surface area contributed by atoms with E-state index >= 15 is 0 Å². The lowest BCUT2D eigenvalue weighted by molar-refractivity contribution is 0.104. The molecule has 5 aromatic rings. The number of hydrogen-bond acceptors (Lipinski definition) is 5. The second-order valence-corrected chi connectivity index (χ2v) is 8.06. The number of nitrogens with zero attached hydrogens (tertiary/aromatic N) is 3. The molecule has 0 spiro atoms. The number of para-hydroxylation sites is 1. The van der Waals surface area contributed by atoms with Crippen molar-refractivity contribution in [3.63, 3.8) is 0 Å². The van der Waals surface area contributed by atoms with Crippen molar-refractivity contribution in [1.29, 1.82) is 0 Å². The Kier molecular flexibility index (Phi) is 3.63. The first kappa shape index (κ1) is 17.1. The minimum absolute atomic E-state index is 0.00113. The average Bonchev–Trinajstić information content (AvgIpc) is 3.47. The predicted octanol–water partition coefficient (Wildman–Crippen LogP) is 5.37. The van der Waals surface area contributed by atoms with Crippen LogP contribution in [0.4, 0.5) is 0 Å². The molecule has 0 saturated heterocycles. The zero-order valence-corrected chi connectivity index (χ0v) is 16.8. The van der Waals surface area contributed by atoms with E-state index in [0.29, 0.717) is 16.8 Å². The highest BCUT2D eigenvalue weighted by Gasteiger charge is 2.35. The van der Waals surface area contributed by atoms with Crippen LogP contribution >= 0.6 is 11.3 Å². The summed E-state index contributed by atoms with van der Waals surface area (Å²) in [7, 11) is 1.63. The van der Waals surface area contributed by atoms with Crippen molar-refractivity contribution in [2.45, 2.75) is 0 Å². The molecule has 5 nitrogen and oxygen atoms in total. The van der Waals surface area contributed by atoms with Gasteiger partial charge in [0.1, 0.15) is 11.4 Å². The van der Waals surface area contributed by atoms with Gasteiger partial charge in [0.15, 0.2) is 5.78 Å². The SMILES string of the molecule is COc1ccc(-c2nn(-c3nc4ccccc4s3)c3c2C(=O)c2ccccc2-3)cc1. The van der Waals surface area contributed by atoms with E-state index in [-0.39, 0.29) is 5.78 Å². The van der Waals surface area contributed by atoms with Gasteiger partial charge in [0.25, 0.3) is 0 Å². The number of hydrogen-bond donors (Lipinski definition) is 0. The van der Waals surface area contributed by atoms with Gasteiger partial charge < -0.3 is 4.74 Å². The summed E-state index contributed by atoms with van der Waals surface area (Å²) in [5.74, 6) is 0.759. The largest absolute Gasteiger partial charge is 0.497 e. The molecule has 6 rings (SSSR count). The molecule has 6 heteroatoms. The molecule has 0 bridgehead atoms. The van der Waals surface area contributed by atoms with Gasteiger partial charge in [-0.15, -0.1) is 0 Å². The van der Waals surface area contributed by atoms with E-state index in [1.165, 1.54) is 0 Å². The topological polar surface area (TPSA) is 57.0 Å². The summed E-state index contributed by atoms with van der Waals surface area (Å²) in [6.45, 7) is 0. The summed E-state index contributed by atoms with van der Waals surface area (Å²) >= 11 is 1.56. The normalized spacial score (nSPS) is 12.2.